The van der Waals surface area contributed by atoms with E-state index in [4.69, 9.17) is 0 Å². The molecule has 2 aromatic carbocycles. The first-order chi connectivity index (χ1) is 12.4. The van der Waals surface area contributed by atoms with Gasteiger partial charge in [0.15, 0.2) is 5.78 Å². The second-order valence-corrected chi connectivity index (χ2v) is 6.02. The first kappa shape index (κ1) is 17.7. The van der Waals surface area contributed by atoms with Crippen LogP contribution in [-0.2, 0) is 10.3 Å². The van der Waals surface area contributed by atoms with Gasteiger partial charge in [-0.25, -0.2) is 13.6 Å². The fourth-order valence-corrected chi connectivity index (χ4v) is 3.01. The lowest BCUT2D eigenvalue weighted by molar-refractivity contribution is -0.131. The molecule has 1 N–H and O–H groups in total. The number of halogens is 2. The van der Waals surface area contributed by atoms with Gasteiger partial charge in [0.2, 0.25) is 0 Å². The fourth-order valence-electron chi connectivity index (χ4n) is 3.01. The van der Waals surface area contributed by atoms with Crippen molar-refractivity contribution in [2.75, 3.05) is 6.54 Å². The highest BCUT2D eigenvalue weighted by molar-refractivity contribution is 6.11. The minimum absolute atomic E-state index is 0.197. The van der Waals surface area contributed by atoms with Crippen molar-refractivity contribution < 1.29 is 23.2 Å². The summed E-state index contributed by atoms with van der Waals surface area (Å²) in [5.74, 6) is -2.01. The molecular formula is C19H16F2N2O3. The number of imide groups is 1. The number of nitrogens with zero attached hydrogens (tertiary/aromatic N) is 1. The molecule has 1 heterocycles. The monoisotopic (exact) mass is 358 g/mol. The van der Waals surface area contributed by atoms with E-state index in [0.717, 1.165) is 17.0 Å². The summed E-state index contributed by atoms with van der Waals surface area (Å²) in [4.78, 5) is 38.4. The summed E-state index contributed by atoms with van der Waals surface area (Å²) in [7, 11) is 0. The molecular weight excluding hydrogens is 342 g/mol. The van der Waals surface area contributed by atoms with Crippen LogP contribution in [0.2, 0.25) is 0 Å². The Morgan fingerprint density at radius 3 is 2.08 bits per heavy atom. The van der Waals surface area contributed by atoms with Crippen molar-refractivity contribution in [2.24, 2.45) is 0 Å². The van der Waals surface area contributed by atoms with Gasteiger partial charge in [-0.15, -0.1) is 0 Å². The second-order valence-electron chi connectivity index (χ2n) is 6.02. The number of carbonyl (C=O) groups excluding carboxylic acids is 3. The third-order valence-corrected chi connectivity index (χ3v) is 4.51. The predicted molar refractivity (Wildman–Crippen MR) is 89.3 cm³/mol. The molecule has 1 aliphatic heterocycles. The molecule has 5 nitrogen and oxygen atoms in total. The van der Waals surface area contributed by atoms with E-state index in [1.807, 2.05) is 0 Å². The van der Waals surface area contributed by atoms with Crippen LogP contribution in [0, 0.1) is 11.6 Å². The van der Waals surface area contributed by atoms with Crippen molar-refractivity contribution in [2.45, 2.75) is 18.9 Å². The maximum Gasteiger partial charge on any atom is 0.325 e. The number of benzene rings is 2. The topological polar surface area (TPSA) is 66.5 Å². The molecule has 1 aliphatic rings. The Kier molecular flexibility index (Phi) is 4.54. The Balaban J connectivity index is 1.87. The van der Waals surface area contributed by atoms with Gasteiger partial charge in [0.25, 0.3) is 5.91 Å². The van der Waals surface area contributed by atoms with Gasteiger partial charge in [-0.2, -0.15) is 0 Å². The van der Waals surface area contributed by atoms with Gasteiger partial charge < -0.3 is 5.32 Å². The number of amides is 3. The van der Waals surface area contributed by atoms with E-state index in [-0.39, 0.29) is 12.0 Å². The Hall–Kier alpha value is -3.09. The number of ketones is 1. The Labute approximate surface area is 148 Å². The first-order valence-electron chi connectivity index (χ1n) is 8.06. The van der Waals surface area contributed by atoms with E-state index < -0.39 is 41.4 Å². The molecule has 0 aromatic heterocycles. The van der Waals surface area contributed by atoms with E-state index in [2.05, 4.69) is 5.32 Å². The Morgan fingerprint density at radius 2 is 1.54 bits per heavy atom. The zero-order chi connectivity index (χ0) is 18.9. The number of nitrogens with one attached hydrogen (secondary N) is 1. The van der Waals surface area contributed by atoms with Crippen molar-refractivity contribution in [1.29, 1.82) is 0 Å². The van der Waals surface area contributed by atoms with Crippen molar-refractivity contribution in [3.05, 3.63) is 71.3 Å². The van der Waals surface area contributed by atoms with Crippen LogP contribution in [0.4, 0.5) is 13.6 Å². The van der Waals surface area contributed by atoms with Crippen molar-refractivity contribution in [3.8, 4) is 0 Å². The second kappa shape index (κ2) is 6.67. The molecule has 0 radical (unpaired) electrons. The zero-order valence-electron chi connectivity index (χ0n) is 14.0. The lowest BCUT2D eigenvalue weighted by Crippen LogP contribution is -2.43. The number of hydrogen-bond acceptors (Lipinski definition) is 3. The maximum atomic E-state index is 13.2. The summed E-state index contributed by atoms with van der Waals surface area (Å²) < 4.78 is 26.2. The van der Waals surface area contributed by atoms with Gasteiger partial charge >= 0.3 is 6.03 Å². The number of Topliss-reactive ketones (excluding diaryl/α,β-unsaturated/α-hetero) is 1. The number of hydrogen-bond donors (Lipinski definition) is 1. The fraction of sp³-hybridized carbons (Fsp3) is 0.211. The van der Waals surface area contributed by atoms with Crippen LogP contribution >= 0.6 is 0 Å². The van der Waals surface area contributed by atoms with Gasteiger partial charge in [0.05, 0.1) is 6.54 Å². The van der Waals surface area contributed by atoms with Gasteiger partial charge in [-0.3, -0.25) is 14.5 Å². The maximum absolute atomic E-state index is 13.2. The van der Waals surface area contributed by atoms with E-state index >= 15 is 0 Å². The van der Waals surface area contributed by atoms with Gasteiger partial charge in [-0.1, -0.05) is 19.1 Å². The first-order valence-corrected chi connectivity index (χ1v) is 8.06. The van der Waals surface area contributed by atoms with Gasteiger partial charge in [0.1, 0.15) is 17.2 Å². The van der Waals surface area contributed by atoms with Crippen molar-refractivity contribution in [3.63, 3.8) is 0 Å². The largest absolute Gasteiger partial charge is 0.325 e. The highest BCUT2D eigenvalue weighted by Gasteiger charge is 2.51. The summed E-state index contributed by atoms with van der Waals surface area (Å²) in [6, 6.07) is 9.44. The summed E-state index contributed by atoms with van der Waals surface area (Å²) in [5, 5.41) is 2.62. The molecule has 134 valence electrons. The van der Waals surface area contributed by atoms with E-state index in [0.29, 0.717) is 5.56 Å². The Bertz CT molecular complexity index is 865. The quantitative estimate of drug-likeness (QED) is 0.660. The molecule has 3 rings (SSSR count). The summed E-state index contributed by atoms with van der Waals surface area (Å²) in [6.07, 6.45) is 0.241. The third-order valence-electron chi connectivity index (χ3n) is 4.51. The molecule has 7 heteroatoms. The predicted octanol–water partition coefficient (Wildman–Crippen LogP) is 3.00. The standard InChI is InChI=1S/C19H16F2N2O3/c1-2-19(13-5-9-15(21)10-6-13)17(25)23(18(26)22-19)11-16(24)12-3-7-14(20)8-4-12/h3-10H,2,11H2,1H3,(H,22,26)/t19-/m0/s1. The summed E-state index contributed by atoms with van der Waals surface area (Å²) in [6.45, 7) is 1.26. The average Bonchev–Trinajstić information content (AvgIpc) is 2.88. The molecule has 1 saturated heterocycles. The zero-order valence-corrected chi connectivity index (χ0v) is 14.0. The van der Waals surface area contributed by atoms with Crippen LogP contribution in [-0.4, -0.2) is 29.2 Å². The van der Waals surface area contributed by atoms with Crippen LogP contribution < -0.4 is 5.32 Å². The van der Waals surface area contributed by atoms with Crippen molar-refractivity contribution in [1.82, 2.24) is 10.2 Å². The number of urea groups is 1. The molecule has 0 saturated carbocycles. The number of carbonyl (C=O) groups is 3. The normalized spacial score (nSPS) is 19.6. The smallest absolute Gasteiger partial charge is 0.319 e. The molecule has 26 heavy (non-hydrogen) atoms. The SMILES string of the molecule is CC[C@@]1(c2ccc(F)cc2)NC(=O)N(CC(=O)c2ccc(F)cc2)C1=O. The van der Waals surface area contributed by atoms with E-state index in [1.54, 1.807) is 6.92 Å². The lowest BCUT2D eigenvalue weighted by atomic mass is 9.87. The minimum atomic E-state index is -1.34. The average molecular weight is 358 g/mol. The van der Waals surface area contributed by atoms with Crippen LogP contribution in [0.5, 0.6) is 0 Å². The molecule has 0 aliphatic carbocycles. The number of rotatable bonds is 5. The van der Waals surface area contributed by atoms with Crippen LogP contribution in [0.1, 0.15) is 29.3 Å². The van der Waals surface area contributed by atoms with Crippen LogP contribution in [0.25, 0.3) is 0 Å². The van der Waals surface area contributed by atoms with Crippen molar-refractivity contribution >= 4 is 17.7 Å². The molecule has 1 atom stereocenters. The third kappa shape index (κ3) is 2.96. The van der Waals surface area contributed by atoms with Gasteiger partial charge in [0, 0.05) is 5.56 Å². The summed E-state index contributed by atoms with van der Waals surface area (Å²) in [5.41, 5.74) is -0.701. The molecule has 0 bridgehead atoms. The highest BCUT2D eigenvalue weighted by atomic mass is 19.1. The van der Waals surface area contributed by atoms with E-state index in [1.165, 1.54) is 36.4 Å². The molecule has 0 spiro atoms. The molecule has 2 aromatic rings. The van der Waals surface area contributed by atoms with Crippen LogP contribution in [0.15, 0.2) is 48.5 Å². The van der Waals surface area contributed by atoms with E-state index in [9.17, 15) is 23.2 Å². The molecule has 0 unspecified atom stereocenters. The van der Waals surface area contributed by atoms with Crippen LogP contribution in [0.3, 0.4) is 0 Å². The summed E-state index contributed by atoms with van der Waals surface area (Å²) >= 11 is 0. The van der Waals surface area contributed by atoms with Gasteiger partial charge in [-0.05, 0) is 48.4 Å². The Morgan fingerprint density at radius 1 is 1.00 bits per heavy atom. The lowest BCUT2D eigenvalue weighted by Gasteiger charge is -2.25. The minimum Gasteiger partial charge on any atom is -0.319 e. The molecule has 3 amide bonds. The highest BCUT2D eigenvalue weighted by Crippen LogP contribution is 2.32. The molecule has 1 fully saturated rings.